The standard InChI is InChI=1S/C81H137NO18/c1-3-5-7-9-11-13-15-17-19-21-23-25-27-29-31-32-33-35-37-39-41-43-45-47-49-51-53-55-57-59-69(87)82-64(65(86)58-56-54-52-50-48-46-44-42-40-38-36-34-30-28-26-24-22-20-18-16-14-12-10-8-6-4-2)63-95-79-75(93)72(90)77(67(61-84)97-79)100-81-76(94)73(91)78(68(62-85)98-81)99-80-74(92)71(89)70(88)66(60-83)96-80/h5,7,11,13,17,19,23,25,29,31,33,35,39,41,45,47,51,53,56,58,64-68,70-81,83-86,88-94H,3-4,6,8-10,12,14-16,18,20-22,24,26-28,30,32,34,36-38,40,42-44,46,48-50,52,54-55,57,59-63H2,1-2H3,(H,82,87)/b7-5-,13-11-,19-17-,25-23-,31-29-,35-33-,41-39-,47-45-,53-51-,58-56+. The van der Waals surface area contributed by atoms with Gasteiger partial charge >= 0.3 is 0 Å². The fourth-order valence-electron chi connectivity index (χ4n) is 12.3. The lowest BCUT2D eigenvalue weighted by molar-refractivity contribution is -0.379. The minimum atomic E-state index is -1.99. The van der Waals surface area contributed by atoms with E-state index in [9.17, 15) is 61.0 Å². The molecule has 3 rings (SSSR count). The van der Waals surface area contributed by atoms with Crippen LogP contribution in [0.25, 0.3) is 0 Å². The molecule has 0 aromatic carbocycles. The number of aliphatic hydroxyl groups is 11. The van der Waals surface area contributed by atoms with Gasteiger partial charge in [0.2, 0.25) is 5.91 Å². The Morgan fingerprint density at radius 3 is 1.07 bits per heavy atom. The number of carbonyl (C=O) groups excluding carboxylic acids is 1. The Labute approximate surface area is 601 Å². The van der Waals surface area contributed by atoms with Crippen molar-refractivity contribution in [2.24, 2.45) is 0 Å². The smallest absolute Gasteiger partial charge is 0.220 e. The van der Waals surface area contributed by atoms with E-state index in [1.807, 2.05) is 12.2 Å². The van der Waals surface area contributed by atoms with Gasteiger partial charge in [-0.05, 0) is 83.5 Å². The molecule has 0 aromatic rings. The minimum absolute atomic E-state index is 0.155. The fourth-order valence-corrected chi connectivity index (χ4v) is 12.3. The third-order valence-corrected chi connectivity index (χ3v) is 18.5. The van der Waals surface area contributed by atoms with Crippen molar-refractivity contribution >= 4 is 5.91 Å². The highest BCUT2D eigenvalue weighted by Crippen LogP contribution is 2.33. The van der Waals surface area contributed by atoms with Crippen molar-refractivity contribution < 1.29 is 89.4 Å². The van der Waals surface area contributed by atoms with Crippen molar-refractivity contribution in [1.29, 1.82) is 0 Å². The number of aliphatic hydroxyl groups excluding tert-OH is 11. The summed E-state index contributed by atoms with van der Waals surface area (Å²) < 4.78 is 34.4. The molecule has 3 saturated heterocycles. The van der Waals surface area contributed by atoms with Gasteiger partial charge in [-0.3, -0.25) is 4.79 Å². The average Bonchev–Trinajstić information content (AvgIpc) is 0.783. The number of carbonyl (C=O) groups is 1. The largest absolute Gasteiger partial charge is 0.394 e. The fraction of sp³-hybridized carbons (Fsp3) is 0.741. The van der Waals surface area contributed by atoms with Gasteiger partial charge in [0, 0.05) is 6.42 Å². The number of ether oxygens (including phenoxy) is 6. The monoisotopic (exact) mass is 1410 g/mol. The molecule has 0 radical (unpaired) electrons. The molecule has 19 heteroatoms. The zero-order chi connectivity index (χ0) is 72.5. The van der Waals surface area contributed by atoms with Crippen LogP contribution in [0, 0.1) is 0 Å². The second-order valence-electron chi connectivity index (χ2n) is 27.1. The van der Waals surface area contributed by atoms with Gasteiger partial charge in [0.05, 0.1) is 38.6 Å². The van der Waals surface area contributed by atoms with Crippen molar-refractivity contribution in [3.05, 3.63) is 122 Å². The van der Waals surface area contributed by atoms with Crippen LogP contribution in [-0.4, -0.2) is 193 Å². The molecule has 0 bridgehead atoms. The van der Waals surface area contributed by atoms with E-state index in [1.165, 1.54) is 135 Å². The number of nitrogens with one attached hydrogen (secondary N) is 1. The van der Waals surface area contributed by atoms with Crippen LogP contribution in [0.4, 0.5) is 0 Å². The third-order valence-electron chi connectivity index (χ3n) is 18.5. The van der Waals surface area contributed by atoms with Crippen molar-refractivity contribution in [3.8, 4) is 0 Å². The highest BCUT2D eigenvalue weighted by Gasteiger charge is 2.53. The lowest BCUT2D eigenvalue weighted by atomic mass is 9.96. The number of unbranched alkanes of at least 4 members (excludes halogenated alkanes) is 25. The van der Waals surface area contributed by atoms with E-state index >= 15 is 0 Å². The maximum atomic E-state index is 13.4. The Balaban J connectivity index is 1.43. The summed E-state index contributed by atoms with van der Waals surface area (Å²) in [6.07, 6.45) is 57.5. The number of rotatable bonds is 59. The first kappa shape index (κ1) is 90.4. The summed E-state index contributed by atoms with van der Waals surface area (Å²) in [5.41, 5.74) is 0. The number of amides is 1. The summed E-state index contributed by atoms with van der Waals surface area (Å²) in [4.78, 5) is 13.4. The zero-order valence-corrected chi connectivity index (χ0v) is 61.1. The summed E-state index contributed by atoms with van der Waals surface area (Å²) >= 11 is 0. The normalized spacial score (nSPS) is 27.1. The quantitative estimate of drug-likeness (QED) is 0.0199. The number of hydrogen-bond donors (Lipinski definition) is 12. The molecule has 3 aliphatic heterocycles. The number of hydrogen-bond acceptors (Lipinski definition) is 18. The van der Waals surface area contributed by atoms with E-state index < -0.39 is 124 Å². The van der Waals surface area contributed by atoms with Crippen LogP contribution in [0.2, 0.25) is 0 Å². The first-order valence-corrected chi connectivity index (χ1v) is 38.8. The Morgan fingerprint density at radius 1 is 0.370 bits per heavy atom. The molecule has 19 nitrogen and oxygen atoms in total. The van der Waals surface area contributed by atoms with Crippen LogP contribution in [0.5, 0.6) is 0 Å². The van der Waals surface area contributed by atoms with Gasteiger partial charge in [-0.15, -0.1) is 0 Å². The predicted molar refractivity (Wildman–Crippen MR) is 397 cm³/mol. The molecule has 100 heavy (non-hydrogen) atoms. The lowest BCUT2D eigenvalue weighted by Gasteiger charge is -2.48. The van der Waals surface area contributed by atoms with Gasteiger partial charge in [-0.1, -0.05) is 283 Å². The Bertz CT molecular complexity index is 2280. The van der Waals surface area contributed by atoms with Crippen LogP contribution in [-0.2, 0) is 33.2 Å². The van der Waals surface area contributed by atoms with Gasteiger partial charge < -0.3 is 89.9 Å². The molecule has 574 valence electrons. The van der Waals surface area contributed by atoms with E-state index in [4.69, 9.17) is 28.4 Å². The molecule has 3 aliphatic rings. The molecule has 3 fully saturated rings. The molecule has 17 atom stereocenters. The predicted octanol–water partition coefficient (Wildman–Crippen LogP) is 12.3. The van der Waals surface area contributed by atoms with Crippen LogP contribution in [0.1, 0.15) is 251 Å². The lowest BCUT2D eigenvalue weighted by Crippen LogP contribution is -2.66. The molecule has 17 unspecified atom stereocenters. The summed E-state index contributed by atoms with van der Waals surface area (Å²) in [5.74, 6) is -0.336. The van der Waals surface area contributed by atoms with Crippen LogP contribution in [0.15, 0.2) is 122 Å². The Morgan fingerprint density at radius 2 is 0.690 bits per heavy atom. The summed E-state index contributed by atoms with van der Waals surface area (Å²) in [7, 11) is 0. The second kappa shape index (κ2) is 60.5. The highest BCUT2D eigenvalue weighted by molar-refractivity contribution is 5.76. The molecule has 0 aliphatic carbocycles. The Kier molecular flexibility index (Phi) is 54.7. The molecular weight excluding hydrogens is 1270 g/mol. The van der Waals surface area contributed by atoms with Gasteiger partial charge in [0.1, 0.15) is 73.2 Å². The second-order valence-corrected chi connectivity index (χ2v) is 27.1. The van der Waals surface area contributed by atoms with Crippen LogP contribution < -0.4 is 5.32 Å². The summed E-state index contributed by atoms with van der Waals surface area (Å²) in [5, 5.41) is 121. The summed E-state index contributed by atoms with van der Waals surface area (Å²) in [6, 6.07) is -1.02. The van der Waals surface area contributed by atoms with Crippen LogP contribution in [0.3, 0.4) is 0 Å². The molecule has 12 N–H and O–H groups in total. The first-order chi connectivity index (χ1) is 48.8. The molecule has 3 heterocycles. The van der Waals surface area contributed by atoms with Crippen molar-refractivity contribution in [2.45, 2.75) is 356 Å². The van der Waals surface area contributed by atoms with Crippen molar-refractivity contribution in [2.75, 3.05) is 26.4 Å². The molecule has 0 aromatic heterocycles. The Hall–Kier alpha value is -3.81. The van der Waals surface area contributed by atoms with Crippen molar-refractivity contribution in [3.63, 3.8) is 0 Å². The first-order valence-electron chi connectivity index (χ1n) is 38.8. The highest BCUT2D eigenvalue weighted by atomic mass is 16.8. The average molecular weight is 1410 g/mol. The number of allylic oxidation sites excluding steroid dienone is 19. The minimum Gasteiger partial charge on any atom is -0.394 e. The van der Waals surface area contributed by atoms with Gasteiger partial charge in [-0.25, -0.2) is 0 Å². The van der Waals surface area contributed by atoms with E-state index in [0.29, 0.717) is 12.8 Å². The molecule has 1 amide bonds. The van der Waals surface area contributed by atoms with E-state index in [1.54, 1.807) is 6.08 Å². The topological polar surface area (TPSA) is 307 Å². The zero-order valence-electron chi connectivity index (χ0n) is 61.1. The maximum Gasteiger partial charge on any atom is 0.220 e. The summed E-state index contributed by atoms with van der Waals surface area (Å²) in [6.45, 7) is 1.59. The van der Waals surface area contributed by atoms with Gasteiger partial charge in [0.25, 0.3) is 0 Å². The third kappa shape index (κ3) is 40.5. The molecule has 0 saturated carbocycles. The molecule has 0 spiro atoms. The van der Waals surface area contributed by atoms with E-state index in [-0.39, 0.29) is 18.9 Å². The van der Waals surface area contributed by atoms with E-state index in [2.05, 4.69) is 122 Å². The van der Waals surface area contributed by atoms with Gasteiger partial charge in [-0.2, -0.15) is 0 Å². The van der Waals surface area contributed by atoms with E-state index in [0.717, 1.165) is 83.5 Å². The molecular formula is C81H137NO18. The maximum absolute atomic E-state index is 13.4. The SMILES string of the molecule is CC/C=C\C/C=C\C/C=C\C/C=C\C/C=C\C/C=C\C/C=C\C/C=C\C/C=C\CCCC(=O)NC(COC1OC(CO)C(OC2OC(CO)C(OC3OC(CO)C(O)C(O)C3O)C(O)C2O)C(O)C1O)C(O)/C=C/CCCCCCCCCCCCCCCCCCCCCCCCCC. The van der Waals surface area contributed by atoms with Crippen molar-refractivity contribution in [1.82, 2.24) is 5.32 Å². The van der Waals surface area contributed by atoms with Crippen LogP contribution >= 0.6 is 0 Å². The van der Waals surface area contributed by atoms with Gasteiger partial charge in [0.15, 0.2) is 18.9 Å².